The van der Waals surface area contributed by atoms with Crippen LogP contribution in [0.3, 0.4) is 0 Å². The number of urea groups is 1. The van der Waals surface area contributed by atoms with Gasteiger partial charge >= 0.3 is 6.03 Å². The maximum absolute atomic E-state index is 14.4. The SMILES string of the molecule is O=C(NCc1ccc(-c2cccnc2)c(F)c1)Nc1cnn(C2CCNC2=O)c1. The Hall–Kier alpha value is -3.75. The van der Waals surface area contributed by atoms with Crippen molar-refractivity contribution in [3.63, 3.8) is 0 Å². The van der Waals surface area contributed by atoms with Crippen molar-refractivity contribution in [1.29, 1.82) is 0 Å². The van der Waals surface area contributed by atoms with Crippen LogP contribution in [-0.4, -0.2) is 33.2 Å². The summed E-state index contributed by atoms with van der Waals surface area (Å²) in [7, 11) is 0. The molecule has 3 N–H and O–H groups in total. The molecule has 1 atom stereocenters. The third-order valence-corrected chi connectivity index (χ3v) is 4.66. The van der Waals surface area contributed by atoms with E-state index in [1.807, 2.05) is 0 Å². The minimum Gasteiger partial charge on any atom is -0.354 e. The van der Waals surface area contributed by atoms with Gasteiger partial charge in [0.05, 0.1) is 11.9 Å². The van der Waals surface area contributed by atoms with Gasteiger partial charge in [0.25, 0.3) is 0 Å². The highest BCUT2D eigenvalue weighted by Gasteiger charge is 2.26. The Labute approximate surface area is 166 Å². The zero-order valence-corrected chi connectivity index (χ0v) is 15.4. The first-order valence-corrected chi connectivity index (χ1v) is 9.16. The average molecular weight is 394 g/mol. The van der Waals surface area contributed by atoms with E-state index in [-0.39, 0.29) is 24.3 Å². The summed E-state index contributed by atoms with van der Waals surface area (Å²) in [5.74, 6) is -0.463. The van der Waals surface area contributed by atoms with Gasteiger partial charge in [-0.05, 0) is 24.1 Å². The van der Waals surface area contributed by atoms with E-state index >= 15 is 0 Å². The molecule has 0 saturated carbocycles. The van der Waals surface area contributed by atoms with E-state index in [4.69, 9.17) is 0 Å². The summed E-state index contributed by atoms with van der Waals surface area (Å²) in [5.41, 5.74) is 2.24. The normalized spacial score (nSPS) is 15.8. The van der Waals surface area contributed by atoms with Gasteiger partial charge in [0.2, 0.25) is 5.91 Å². The van der Waals surface area contributed by atoms with E-state index in [1.54, 1.807) is 42.9 Å². The Morgan fingerprint density at radius 1 is 1.31 bits per heavy atom. The number of hydrogen-bond acceptors (Lipinski definition) is 4. The van der Waals surface area contributed by atoms with Gasteiger partial charge in [-0.2, -0.15) is 5.10 Å². The van der Waals surface area contributed by atoms with E-state index in [9.17, 15) is 14.0 Å². The van der Waals surface area contributed by atoms with Crippen molar-refractivity contribution in [2.24, 2.45) is 0 Å². The minimum atomic E-state index is -0.447. The van der Waals surface area contributed by atoms with Gasteiger partial charge in [-0.3, -0.25) is 14.5 Å². The zero-order valence-electron chi connectivity index (χ0n) is 15.4. The van der Waals surface area contributed by atoms with Crippen molar-refractivity contribution in [3.05, 3.63) is 66.5 Å². The molecule has 148 valence electrons. The van der Waals surface area contributed by atoms with E-state index < -0.39 is 6.03 Å². The Morgan fingerprint density at radius 3 is 2.93 bits per heavy atom. The lowest BCUT2D eigenvalue weighted by molar-refractivity contribution is -0.122. The highest BCUT2D eigenvalue weighted by molar-refractivity contribution is 5.89. The molecule has 9 heteroatoms. The first-order valence-electron chi connectivity index (χ1n) is 9.16. The molecule has 4 rings (SSSR count). The number of rotatable bonds is 5. The van der Waals surface area contributed by atoms with E-state index in [2.05, 4.69) is 26.0 Å². The van der Waals surface area contributed by atoms with Gasteiger partial charge in [-0.25, -0.2) is 9.18 Å². The van der Waals surface area contributed by atoms with Crippen molar-refractivity contribution >= 4 is 17.6 Å². The molecule has 0 spiro atoms. The number of amides is 3. The Bertz CT molecular complexity index is 1040. The van der Waals surface area contributed by atoms with Crippen LogP contribution in [0.2, 0.25) is 0 Å². The van der Waals surface area contributed by atoms with E-state index in [0.717, 1.165) is 0 Å². The van der Waals surface area contributed by atoms with Gasteiger partial charge in [-0.1, -0.05) is 18.2 Å². The second-order valence-corrected chi connectivity index (χ2v) is 6.67. The lowest BCUT2D eigenvalue weighted by atomic mass is 10.0. The summed E-state index contributed by atoms with van der Waals surface area (Å²) in [4.78, 5) is 27.8. The smallest absolute Gasteiger partial charge is 0.319 e. The van der Waals surface area contributed by atoms with E-state index in [0.29, 0.717) is 35.3 Å². The molecule has 8 nitrogen and oxygen atoms in total. The van der Waals surface area contributed by atoms with Gasteiger partial charge < -0.3 is 16.0 Å². The molecule has 3 aromatic rings. The average Bonchev–Trinajstić information content (AvgIpc) is 3.35. The molecule has 1 fully saturated rings. The van der Waals surface area contributed by atoms with Crippen molar-refractivity contribution in [3.8, 4) is 11.1 Å². The number of carbonyl (C=O) groups is 2. The molecule has 3 amide bonds. The van der Waals surface area contributed by atoms with Crippen LogP contribution in [0.5, 0.6) is 0 Å². The molecule has 0 aliphatic carbocycles. The third kappa shape index (κ3) is 4.23. The summed E-state index contributed by atoms with van der Waals surface area (Å²) >= 11 is 0. The summed E-state index contributed by atoms with van der Waals surface area (Å²) < 4.78 is 15.9. The quantitative estimate of drug-likeness (QED) is 0.619. The largest absolute Gasteiger partial charge is 0.354 e. The van der Waals surface area contributed by atoms with E-state index in [1.165, 1.54) is 16.9 Å². The molecule has 1 aliphatic rings. The fourth-order valence-corrected chi connectivity index (χ4v) is 3.19. The molecule has 0 bridgehead atoms. The molecule has 3 heterocycles. The van der Waals surface area contributed by atoms with Crippen molar-refractivity contribution in [1.82, 2.24) is 25.4 Å². The van der Waals surface area contributed by atoms with Gasteiger partial charge in [0, 0.05) is 42.8 Å². The van der Waals surface area contributed by atoms with Gasteiger partial charge in [0.1, 0.15) is 11.9 Å². The van der Waals surface area contributed by atoms with Crippen LogP contribution in [-0.2, 0) is 11.3 Å². The molecule has 2 aromatic heterocycles. The molecule has 1 unspecified atom stereocenters. The molecule has 1 aromatic carbocycles. The third-order valence-electron chi connectivity index (χ3n) is 4.66. The first kappa shape index (κ1) is 18.6. The monoisotopic (exact) mass is 394 g/mol. The number of carbonyl (C=O) groups excluding carboxylic acids is 2. The molecular formula is C20H19FN6O2. The van der Waals surface area contributed by atoms with Crippen LogP contribution < -0.4 is 16.0 Å². The van der Waals surface area contributed by atoms with Crippen LogP contribution in [0, 0.1) is 5.82 Å². The van der Waals surface area contributed by atoms with Crippen LogP contribution in [0.4, 0.5) is 14.9 Å². The minimum absolute atomic E-state index is 0.0825. The maximum atomic E-state index is 14.4. The van der Waals surface area contributed by atoms with Crippen LogP contribution >= 0.6 is 0 Å². The number of nitrogens with one attached hydrogen (secondary N) is 3. The lowest BCUT2D eigenvalue weighted by Gasteiger charge is -2.09. The molecule has 1 aliphatic heterocycles. The lowest BCUT2D eigenvalue weighted by Crippen LogP contribution is -2.28. The highest BCUT2D eigenvalue weighted by Crippen LogP contribution is 2.23. The molecule has 1 saturated heterocycles. The van der Waals surface area contributed by atoms with Crippen molar-refractivity contribution in [2.45, 2.75) is 19.0 Å². The molecule has 29 heavy (non-hydrogen) atoms. The van der Waals surface area contributed by atoms with Crippen LogP contribution in [0.15, 0.2) is 55.1 Å². The number of hydrogen-bond donors (Lipinski definition) is 3. The summed E-state index contributed by atoms with van der Waals surface area (Å²) in [6.45, 7) is 0.776. The Morgan fingerprint density at radius 2 is 2.21 bits per heavy atom. The predicted molar refractivity (Wildman–Crippen MR) is 104 cm³/mol. The highest BCUT2D eigenvalue weighted by atomic mass is 19.1. The molecule has 0 radical (unpaired) electrons. The number of pyridine rings is 1. The van der Waals surface area contributed by atoms with Gasteiger partial charge in [-0.15, -0.1) is 0 Å². The Balaban J connectivity index is 1.33. The topological polar surface area (TPSA) is 101 Å². The number of anilines is 1. The summed E-state index contributed by atoms with van der Waals surface area (Å²) in [6, 6.07) is 7.54. The maximum Gasteiger partial charge on any atom is 0.319 e. The zero-order chi connectivity index (χ0) is 20.2. The first-order chi connectivity index (χ1) is 14.1. The Kier molecular flexibility index (Phi) is 5.19. The second kappa shape index (κ2) is 8.09. The number of halogens is 1. The predicted octanol–water partition coefficient (Wildman–Crippen LogP) is 2.47. The molecular weight excluding hydrogens is 375 g/mol. The summed E-state index contributed by atoms with van der Waals surface area (Å²) in [5, 5.41) is 12.2. The standard InChI is InChI=1S/C20H19FN6O2/c21-17-8-13(3-4-16(17)14-2-1-6-22-10-14)9-24-20(29)26-15-11-25-27(12-15)18-5-7-23-19(18)28/h1-4,6,8,10-12,18H,5,7,9H2,(H,23,28)(H2,24,26,29). The fraction of sp³-hybridized carbons (Fsp3) is 0.200. The van der Waals surface area contributed by atoms with Gasteiger partial charge in [0.15, 0.2) is 0 Å². The van der Waals surface area contributed by atoms with Crippen LogP contribution in [0.1, 0.15) is 18.0 Å². The summed E-state index contributed by atoms with van der Waals surface area (Å²) in [6.07, 6.45) is 6.97. The second-order valence-electron chi connectivity index (χ2n) is 6.67. The number of benzene rings is 1. The van der Waals surface area contributed by atoms with Crippen molar-refractivity contribution < 1.29 is 14.0 Å². The van der Waals surface area contributed by atoms with Crippen LogP contribution in [0.25, 0.3) is 11.1 Å². The number of nitrogens with zero attached hydrogens (tertiary/aromatic N) is 3. The fourth-order valence-electron chi connectivity index (χ4n) is 3.19. The number of aromatic nitrogens is 3. The van der Waals surface area contributed by atoms with Crippen molar-refractivity contribution in [2.75, 3.05) is 11.9 Å².